The number of epoxide rings is 1. The zero-order valence-electron chi connectivity index (χ0n) is 15.8. The predicted octanol–water partition coefficient (Wildman–Crippen LogP) is 3.23. The van der Waals surface area contributed by atoms with Crippen LogP contribution >= 0.6 is 15.6 Å². The van der Waals surface area contributed by atoms with E-state index >= 15 is 0 Å². The molecule has 0 aromatic rings. The second kappa shape index (κ2) is 15.1. The van der Waals surface area contributed by atoms with Crippen LogP contribution < -0.4 is 0 Å². The first-order chi connectivity index (χ1) is 11.8. The van der Waals surface area contributed by atoms with Gasteiger partial charge in [-0.2, -0.15) is 0 Å². The summed E-state index contributed by atoms with van der Waals surface area (Å²) in [6, 6.07) is 0. The first-order valence-electron chi connectivity index (χ1n) is 8.97. The summed E-state index contributed by atoms with van der Waals surface area (Å²) in [7, 11) is -9.28. The second-order valence-corrected chi connectivity index (χ2v) is 8.75. The Labute approximate surface area is 156 Å². The van der Waals surface area contributed by atoms with E-state index in [1.54, 1.807) is 0 Å². The molecule has 1 fully saturated rings. The lowest BCUT2D eigenvalue weighted by molar-refractivity contribution is 0.272. The highest BCUT2D eigenvalue weighted by Crippen LogP contribution is 2.32. The van der Waals surface area contributed by atoms with Crippen LogP contribution in [0.3, 0.4) is 0 Å². The molecule has 1 atom stereocenters. The number of hydrogen-bond donors (Lipinski definition) is 6. The van der Waals surface area contributed by atoms with Gasteiger partial charge < -0.3 is 34.1 Å². The van der Waals surface area contributed by atoms with Gasteiger partial charge in [0, 0.05) is 0 Å². The van der Waals surface area contributed by atoms with E-state index in [9.17, 15) is 0 Å². The van der Waals surface area contributed by atoms with E-state index in [4.69, 9.17) is 43.2 Å². The maximum absolute atomic E-state index is 8.88. The third-order valence-electron chi connectivity index (χ3n) is 3.70. The standard InChI is InChI=1S/C15H30O.2H3O4P/c1-3-4-5-6-7-8-9-10-11-12-13-15(2)14-16-15;2*1-5(2,3)4/h3-14H2,1-2H3;2*(H3,1,2,3,4). The Balaban J connectivity index is 0. The van der Waals surface area contributed by atoms with Gasteiger partial charge in [0.05, 0.1) is 12.2 Å². The fourth-order valence-electron chi connectivity index (χ4n) is 2.25. The van der Waals surface area contributed by atoms with Crippen LogP contribution in [0.4, 0.5) is 0 Å². The van der Waals surface area contributed by atoms with Crippen LogP contribution in [0.1, 0.15) is 84.5 Å². The topological polar surface area (TPSA) is 168 Å². The summed E-state index contributed by atoms with van der Waals surface area (Å²) in [5.41, 5.74) is 0.292. The molecule has 0 radical (unpaired) electrons. The van der Waals surface area contributed by atoms with Crippen LogP contribution in [-0.4, -0.2) is 41.6 Å². The molecule has 0 bridgehead atoms. The number of phosphoric acid groups is 2. The summed E-state index contributed by atoms with van der Waals surface area (Å²) in [5, 5.41) is 0. The van der Waals surface area contributed by atoms with E-state index in [0.717, 1.165) is 6.61 Å². The molecule has 1 saturated heterocycles. The van der Waals surface area contributed by atoms with Gasteiger partial charge in [0.2, 0.25) is 0 Å². The monoisotopic (exact) mass is 422 g/mol. The van der Waals surface area contributed by atoms with E-state index in [-0.39, 0.29) is 0 Å². The van der Waals surface area contributed by atoms with Gasteiger partial charge >= 0.3 is 15.6 Å². The Morgan fingerprint density at radius 2 is 1.00 bits per heavy atom. The summed E-state index contributed by atoms with van der Waals surface area (Å²) in [6.45, 7) is 5.52. The van der Waals surface area contributed by atoms with Crippen molar-refractivity contribution < 1.29 is 43.2 Å². The van der Waals surface area contributed by atoms with Crippen molar-refractivity contribution in [3.63, 3.8) is 0 Å². The lowest BCUT2D eigenvalue weighted by atomic mass is 10.0. The van der Waals surface area contributed by atoms with E-state index in [0.29, 0.717) is 5.60 Å². The van der Waals surface area contributed by atoms with Gasteiger partial charge in [-0.15, -0.1) is 0 Å². The van der Waals surface area contributed by atoms with Gasteiger partial charge in [0.15, 0.2) is 0 Å². The number of hydrogen-bond acceptors (Lipinski definition) is 3. The van der Waals surface area contributed by atoms with Crippen molar-refractivity contribution in [3.05, 3.63) is 0 Å². The summed E-state index contributed by atoms with van der Waals surface area (Å²) in [5.74, 6) is 0. The molecular weight excluding hydrogens is 386 g/mol. The molecule has 11 heteroatoms. The molecule has 0 aromatic heterocycles. The number of rotatable bonds is 11. The fourth-order valence-corrected chi connectivity index (χ4v) is 2.25. The van der Waals surface area contributed by atoms with Crippen LogP contribution in [0.25, 0.3) is 0 Å². The first-order valence-corrected chi connectivity index (χ1v) is 12.1. The van der Waals surface area contributed by atoms with Crippen molar-refractivity contribution in [2.45, 2.75) is 90.1 Å². The zero-order valence-corrected chi connectivity index (χ0v) is 17.6. The molecule has 6 N–H and O–H groups in total. The molecule has 0 aliphatic carbocycles. The predicted molar refractivity (Wildman–Crippen MR) is 99.3 cm³/mol. The molecular formula is C15H36O9P2. The van der Waals surface area contributed by atoms with Crippen LogP contribution in [0, 0.1) is 0 Å². The smallest absolute Gasteiger partial charge is 0.370 e. The third kappa shape index (κ3) is 39.3. The largest absolute Gasteiger partial charge is 0.466 e. The highest BCUT2D eigenvalue weighted by molar-refractivity contribution is 7.45. The van der Waals surface area contributed by atoms with E-state index in [2.05, 4.69) is 13.8 Å². The van der Waals surface area contributed by atoms with Crippen LogP contribution in [0.15, 0.2) is 0 Å². The van der Waals surface area contributed by atoms with Crippen molar-refractivity contribution in [3.8, 4) is 0 Å². The average molecular weight is 422 g/mol. The molecule has 0 amide bonds. The van der Waals surface area contributed by atoms with Crippen molar-refractivity contribution in [1.82, 2.24) is 0 Å². The third-order valence-corrected chi connectivity index (χ3v) is 3.70. The van der Waals surface area contributed by atoms with Crippen LogP contribution in [-0.2, 0) is 13.9 Å². The quantitative estimate of drug-likeness (QED) is 0.166. The Morgan fingerprint density at radius 1 is 0.731 bits per heavy atom. The average Bonchev–Trinajstić information content (AvgIpc) is 3.15. The van der Waals surface area contributed by atoms with Crippen molar-refractivity contribution >= 4 is 15.6 Å². The van der Waals surface area contributed by atoms with Gasteiger partial charge in [-0.1, -0.05) is 71.1 Å². The van der Waals surface area contributed by atoms with E-state index in [1.807, 2.05) is 0 Å². The molecule has 1 aliphatic rings. The van der Waals surface area contributed by atoms with Gasteiger partial charge in [-0.05, 0) is 13.3 Å². The Morgan fingerprint density at radius 3 is 1.27 bits per heavy atom. The fraction of sp³-hybridized carbons (Fsp3) is 1.00. The second-order valence-electron chi connectivity index (χ2n) is 6.70. The van der Waals surface area contributed by atoms with Crippen molar-refractivity contribution in [2.75, 3.05) is 6.61 Å². The van der Waals surface area contributed by atoms with E-state index in [1.165, 1.54) is 70.6 Å². The summed E-state index contributed by atoms with van der Waals surface area (Å²) >= 11 is 0. The normalized spacial score (nSPS) is 19.1. The maximum atomic E-state index is 8.88. The van der Waals surface area contributed by atoms with E-state index < -0.39 is 15.6 Å². The highest BCUT2D eigenvalue weighted by atomic mass is 31.2. The van der Waals surface area contributed by atoms with Gasteiger partial charge in [0.25, 0.3) is 0 Å². The maximum Gasteiger partial charge on any atom is 0.466 e. The molecule has 26 heavy (non-hydrogen) atoms. The molecule has 1 rings (SSSR count). The lowest BCUT2D eigenvalue weighted by Crippen LogP contribution is -2.02. The molecule has 1 heterocycles. The summed E-state index contributed by atoms with van der Waals surface area (Å²) < 4.78 is 23.1. The Hall–Kier alpha value is 0.180. The Bertz CT molecular complexity index is 379. The van der Waals surface area contributed by atoms with Crippen LogP contribution in [0.5, 0.6) is 0 Å². The number of ether oxygens (including phenoxy) is 1. The minimum Gasteiger partial charge on any atom is -0.370 e. The summed E-state index contributed by atoms with van der Waals surface area (Å²) in [6.07, 6.45) is 15.6. The summed E-state index contributed by atoms with van der Waals surface area (Å²) in [4.78, 5) is 43.1. The zero-order chi connectivity index (χ0) is 20.7. The van der Waals surface area contributed by atoms with Crippen molar-refractivity contribution in [1.29, 1.82) is 0 Å². The number of unbranched alkanes of at least 4 members (excludes halogenated alkanes) is 9. The molecule has 160 valence electrons. The molecule has 1 aliphatic heterocycles. The van der Waals surface area contributed by atoms with Crippen molar-refractivity contribution in [2.24, 2.45) is 0 Å². The van der Waals surface area contributed by atoms with Gasteiger partial charge in [-0.3, -0.25) is 0 Å². The molecule has 9 nitrogen and oxygen atoms in total. The minimum absolute atomic E-state index is 0.292. The van der Waals surface area contributed by atoms with Gasteiger partial charge in [0.1, 0.15) is 0 Å². The van der Waals surface area contributed by atoms with Crippen LogP contribution in [0.2, 0.25) is 0 Å². The first kappa shape index (κ1) is 28.4. The van der Waals surface area contributed by atoms with Gasteiger partial charge in [-0.25, -0.2) is 9.13 Å². The highest BCUT2D eigenvalue weighted by Gasteiger charge is 2.37. The molecule has 0 aromatic carbocycles. The molecule has 1 unspecified atom stereocenters. The molecule has 0 spiro atoms. The molecule has 0 saturated carbocycles. The Kier molecular flexibility index (Phi) is 16.5. The minimum atomic E-state index is -4.64. The lowest BCUT2D eigenvalue weighted by Gasteiger charge is -2.04. The SMILES string of the molecule is CCCCCCCCCCCCC1(C)CO1.O=P(O)(O)O.O=P(O)(O)O.